The van der Waals surface area contributed by atoms with Crippen LogP contribution in [0.15, 0.2) is 12.4 Å². The van der Waals surface area contributed by atoms with E-state index >= 15 is 0 Å². The standard InChI is InChI=1S/C9H13N3O3/c1-9(2,3)15-8(14)12-5-6(4-11-12)7(10)13/h4-5H,1-3H3,(H2,10,13). The molecule has 0 bridgehead atoms. The van der Waals surface area contributed by atoms with Gasteiger partial charge in [-0.1, -0.05) is 0 Å². The molecule has 1 heterocycles. The summed E-state index contributed by atoms with van der Waals surface area (Å²) in [6.45, 7) is 5.22. The van der Waals surface area contributed by atoms with Crippen molar-refractivity contribution in [3.63, 3.8) is 0 Å². The summed E-state index contributed by atoms with van der Waals surface area (Å²) in [5, 5.41) is 3.66. The highest BCUT2D eigenvalue weighted by Crippen LogP contribution is 2.08. The molecule has 1 amide bonds. The molecule has 0 saturated heterocycles. The van der Waals surface area contributed by atoms with Crippen molar-refractivity contribution in [3.8, 4) is 0 Å². The number of amides is 1. The lowest BCUT2D eigenvalue weighted by atomic mass is 10.2. The molecule has 0 saturated carbocycles. The van der Waals surface area contributed by atoms with Crippen LogP contribution in [0.25, 0.3) is 0 Å². The Hall–Kier alpha value is -1.85. The Labute approximate surface area is 87.0 Å². The van der Waals surface area contributed by atoms with Crippen LogP contribution in [-0.2, 0) is 4.74 Å². The first-order valence-corrected chi connectivity index (χ1v) is 4.37. The molecule has 0 aromatic carbocycles. The second-order valence-electron chi connectivity index (χ2n) is 4.02. The lowest BCUT2D eigenvalue weighted by Crippen LogP contribution is -2.27. The third kappa shape index (κ3) is 3.08. The van der Waals surface area contributed by atoms with Gasteiger partial charge in [0.1, 0.15) is 5.60 Å². The van der Waals surface area contributed by atoms with Gasteiger partial charge in [-0.2, -0.15) is 9.78 Å². The minimum atomic E-state index is -0.644. The van der Waals surface area contributed by atoms with Crippen molar-refractivity contribution in [2.45, 2.75) is 26.4 Å². The van der Waals surface area contributed by atoms with Gasteiger partial charge in [-0.15, -0.1) is 0 Å². The van der Waals surface area contributed by atoms with Crippen LogP contribution in [0.2, 0.25) is 0 Å². The van der Waals surface area contributed by atoms with E-state index in [4.69, 9.17) is 10.5 Å². The highest BCUT2D eigenvalue weighted by atomic mass is 16.6. The first kappa shape index (κ1) is 11.2. The Bertz CT molecular complexity index is 390. The summed E-state index contributed by atoms with van der Waals surface area (Å²) in [6.07, 6.45) is 1.80. The van der Waals surface area contributed by atoms with Gasteiger partial charge in [-0.25, -0.2) is 4.79 Å². The van der Waals surface area contributed by atoms with E-state index in [1.807, 2.05) is 0 Å². The number of carbonyl (C=O) groups excluding carboxylic acids is 2. The Balaban J connectivity index is 2.79. The molecule has 0 aliphatic carbocycles. The average Bonchev–Trinajstić information content (AvgIpc) is 2.47. The number of hydrogen-bond acceptors (Lipinski definition) is 4. The summed E-state index contributed by atoms with van der Waals surface area (Å²) in [6, 6.07) is 0. The molecule has 2 N–H and O–H groups in total. The average molecular weight is 211 g/mol. The number of nitrogens with two attached hydrogens (primary N) is 1. The molecule has 0 atom stereocenters. The van der Waals surface area contributed by atoms with E-state index in [0.717, 1.165) is 4.68 Å². The Morgan fingerprint density at radius 3 is 2.47 bits per heavy atom. The van der Waals surface area contributed by atoms with E-state index in [0.29, 0.717) is 0 Å². The van der Waals surface area contributed by atoms with Gasteiger partial charge in [-0.05, 0) is 20.8 Å². The van der Waals surface area contributed by atoms with Gasteiger partial charge >= 0.3 is 6.09 Å². The number of hydrogen-bond donors (Lipinski definition) is 1. The fourth-order valence-electron chi connectivity index (χ4n) is 0.859. The molecule has 15 heavy (non-hydrogen) atoms. The molecule has 1 aromatic rings. The summed E-state index contributed by atoms with van der Waals surface area (Å²) in [4.78, 5) is 22.2. The van der Waals surface area contributed by atoms with Crippen molar-refractivity contribution >= 4 is 12.0 Å². The summed E-state index contributed by atoms with van der Waals surface area (Å²) < 4.78 is 5.96. The molecule has 0 radical (unpaired) electrons. The fourth-order valence-corrected chi connectivity index (χ4v) is 0.859. The maximum Gasteiger partial charge on any atom is 0.435 e. The molecular formula is C9H13N3O3. The van der Waals surface area contributed by atoms with Crippen molar-refractivity contribution < 1.29 is 14.3 Å². The first-order chi connectivity index (χ1) is 6.79. The van der Waals surface area contributed by atoms with Gasteiger partial charge in [0, 0.05) is 0 Å². The molecule has 0 fully saturated rings. The third-order valence-electron chi connectivity index (χ3n) is 1.45. The second-order valence-corrected chi connectivity index (χ2v) is 4.02. The molecule has 0 spiro atoms. The second kappa shape index (κ2) is 3.72. The molecule has 6 nitrogen and oxygen atoms in total. The summed E-state index contributed by atoms with van der Waals surface area (Å²) in [5.74, 6) is -0.634. The molecule has 6 heteroatoms. The van der Waals surface area contributed by atoms with Crippen LogP contribution in [-0.4, -0.2) is 27.4 Å². The van der Waals surface area contributed by atoms with Crippen molar-refractivity contribution in [2.75, 3.05) is 0 Å². The minimum Gasteiger partial charge on any atom is -0.442 e. The first-order valence-electron chi connectivity index (χ1n) is 4.37. The fraction of sp³-hybridized carbons (Fsp3) is 0.444. The number of carbonyl (C=O) groups is 2. The maximum absolute atomic E-state index is 11.4. The van der Waals surface area contributed by atoms with E-state index in [1.54, 1.807) is 20.8 Å². The largest absolute Gasteiger partial charge is 0.442 e. The van der Waals surface area contributed by atoms with Crippen LogP contribution in [0.5, 0.6) is 0 Å². The van der Waals surface area contributed by atoms with E-state index in [2.05, 4.69) is 5.10 Å². The van der Waals surface area contributed by atoms with Crippen LogP contribution in [0.3, 0.4) is 0 Å². The smallest absolute Gasteiger partial charge is 0.435 e. The predicted molar refractivity (Wildman–Crippen MR) is 52.4 cm³/mol. The monoisotopic (exact) mass is 211 g/mol. The van der Waals surface area contributed by atoms with Gasteiger partial charge in [0.05, 0.1) is 18.0 Å². The zero-order chi connectivity index (χ0) is 11.6. The summed E-state index contributed by atoms with van der Waals surface area (Å²) in [5.41, 5.74) is 4.58. The zero-order valence-corrected chi connectivity index (χ0v) is 8.85. The van der Waals surface area contributed by atoms with Gasteiger partial charge < -0.3 is 10.5 Å². The topological polar surface area (TPSA) is 87.2 Å². The van der Waals surface area contributed by atoms with Crippen LogP contribution >= 0.6 is 0 Å². The maximum atomic E-state index is 11.4. The van der Waals surface area contributed by atoms with Gasteiger partial charge in [0.15, 0.2) is 0 Å². The Morgan fingerprint density at radius 2 is 2.07 bits per heavy atom. The molecule has 1 rings (SSSR count). The van der Waals surface area contributed by atoms with Crippen molar-refractivity contribution in [3.05, 3.63) is 18.0 Å². The van der Waals surface area contributed by atoms with Crippen LogP contribution in [0, 0.1) is 0 Å². The lowest BCUT2D eigenvalue weighted by Gasteiger charge is -2.18. The van der Waals surface area contributed by atoms with E-state index < -0.39 is 17.6 Å². The minimum absolute atomic E-state index is 0.167. The predicted octanol–water partition coefficient (Wildman–Crippen LogP) is 0.765. The normalized spacial score (nSPS) is 11.1. The number of aromatic nitrogens is 2. The Kier molecular flexibility index (Phi) is 2.78. The summed E-state index contributed by atoms with van der Waals surface area (Å²) in [7, 11) is 0. The molecule has 1 aromatic heterocycles. The molecule has 0 aliphatic rings. The highest BCUT2D eigenvalue weighted by Gasteiger charge is 2.19. The van der Waals surface area contributed by atoms with Crippen LogP contribution in [0.4, 0.5) is 4.79 Å². The van der Waals surface area contributed by atoms with Crippen molar-refractivity contribution in [1.29, 1.82) is 0 Å². The number of primary amides is 1. The van der Waals surface area contributed by atoms with E-state index in [-0.39, 0.29) is 5.56 Å². The van der Waals surface area contributed by atoms with Crippen LogP contribution < -0.4 is 5.73 Å². The van der Waals surface area contributed by atoms with Gasteiger partial charge in [0.2, 0.25) is 0 Å². The van der Waals surface area contributed by atoms with Crippen molar-refractivity contribution in [1.82, 2.24) is 9.78 Å². The SMILES string of the molecule is CC(C)(C)OC(=O)n1cc(C(N)=O)cn1. The van der Waals surface area contributed by atoms with E-state index in [1.165, 1.54) is 12.4 Å². The van der Waals surface area contributed by atoms with E-state index in [9.17, 15) is 9.59 Å². The van der Waals surface area contributed by atoms with Gasteiger partial charge in [-0.3, -0.25) is 4.79 Å². The third-order valence-corrected chi connectivity index (χ3v) is 1.45. The zero-order valence-electron chi connectivity index (χ0n) is 8.85. The number of nitrogens with zero attached hydrogens (tertiary/aromatic N) is 2. The molecule has 82 valence electrons. The quantitative estimate of drug-likeness (QED) is 0.743. The lowest BCUT2D eigenvalue weighted by molar-refractivity contribution is 0.0514. The molecular weight excluding hydrogens is 198 g/mol. The van der Waals surface area contributed by atoms with Crippen LogP contribution in [0.1, 0.15) is 31.1 Å². The highest BCUT2D eigenvalue weighted by molar-refractivity contribution is 5.92. The Morgan fingerprint density at radius 1 is 1.47 bits per heavy atom. The summed E-state index contributed by atoms with van der Waals surface area (Å²) >= 11 is 0. The molecule has 0 unspecified atom stereocenters. The van der Waals surface area contributed by atoms with Gasteiger partial charge in [0.25, 0.3) is 5.91 Å². The van der Waals surface area contributed by atoms with Crippen molar-refractivity contribution in [2.24, 2.45) is 5.73 Å². The molecule has 0 aliphatic heterocycles. The number of ether oxygens (including phenoxy) is 1. The number of rotatable bonds is 1.